The van der Waals surface area contributed by atoms with Crippen LogP contribution in [-0.2, 0) is 0 Å². The van der Waals surface area contributed by atoms with Gasteiger partial charge in [-0.2, -0.15) is 0 Å². The van der Waals surface area contributed by atoms with E-state index in [0.717, 1.165) is 11.8 Å². The molecule has 0 aliphatic heterocycles. The molecule has 2 saturated carbocycles. The lowest BCUT2D eigenvalue weighted by molar-refractivity contribution is 0.366. The molecule has 1 heteroatoms. The maximum absolute atomic E-state index is 6.30. The van der Waals surface area contributed by atoms with Crippen LogP contribution in [0.4, 0.5) is 0 Å². The minimum atomic E-state index is 0.427. The van der Waals surface area contributed by atoms with Gasteiger partial charge in [0.25, 0.3) is 0 Å². The first-order valence-corrected chi connectivity index (χ1v) is 5.67. The second-order valence-electron chi connectivity index (χ2n) is 4.85. The summed E-state index contributed by atoms with van der Waals surface area (Å²) in [7, 11) is 0. The van der Waals surface area contributed by atoms with Gasteiger partial charge in [-0.25, -0.2) is 0 Å². The average molecular weight is 187 g/mol. The Labute approximate surface area is 85.3 Å². The summed E-state index contributed by atoms with van der Waals surface area (Å²) in [6.07, 6.45) is 4.15. The number of fused-ring (bicyclic) bond motifs is 2. The van der Waals surface area contributed by atoms with Gasteiger partial charge in [-0.1, -0.05) is 30.3 Å². The van der Waals surface area contributed by atoms with Crippen LogP contribution in [0.15, 0.2) is 30.3 Å². The van der Waals surface area contributed by atoms with Gasteiger partial charge in [0.1, 0.15) is 0 Å². The molecule has 14 heavy (non-hydrogen) atoms. The first kappa shape index (κ1) is 8.49. The summed E-state index contributed by atoms with van der Waals surface area (Å²) in [5, 5.41) is 0. The molecule has 0 amide bonds. The summed E-state index contributed by atoms with van der Waals surface area (Å²) in [6, 6.07) is 11.3. The van der Waals surface area contributed by atoms with E-state index in [1.54, 1.807) is 0 Å². The van der Waals surface area contributed by atoms with E-state index >= 15 is 0 Å². The van der Waals surface area contributed by atoms with Crippen LogP contribution in [0.1, 0.15) is 30.7 Å². The maximum Gasteiger partial charge on any atom is 0.0139 e. The van der Waals surface area contributed by atoms with Crippen molar-refractivity contribution in [2.75, 3.05) is 0 Å². The van der Waals surface area contributed by atoms with Crippen molar-refractivity contribution in [1.29, 1.82) is 0 Å². The summed E-state index contributed by atoms with van der Waals surface area (Å²) < 4.78 is 0. The predicted octanol–water partition coefficient (Wildman–Crippen LogP) is 2.53. The molecule has 2 aliphatic rings. The fraction of sp³-hybridized carbons (Fsp3) is 0.538. The Kier molecular flexibility index (Phi) is 1.88. The van der Waals surface area contributed by atoms with Crippen LogP contribution in [0.3, 0.4) is 0 Å². The zero-order valence-electron chi connectivity index (χ0n) is 8.39. The number of nitrogens with two attached hydrogens (primary N) is 1. The van der Waals surface area contributed by atoms with Crippen molar-refractivity contribution in [2.24, 2.45) is 17.6 Å². The number of hydrogen-bond acceptors (Lipinski definition) is 1. The van der Waals surface area contributed by atoms with Crippen molar-refractivity contribution < 1.29 is 0 Å². The van der Waals surface area contributed by atoms with Gasteiger partial charge in [-0.15, -0.1) is 0 Å². The van der Waals surface area contributed by atoms with Crippen LogP contribution in [0.5, 0.6) is 0 Å². The number of hydrogen-bond donors (Lipinski definition) is 1. The monoisotopic (exact) mass is 187 g/mol. The Balaban J connectivity index is 1.93. The van der Waals surface area contributed by atoms with Crippen LogP contribution in [-0.4, -0.2) is 6.04 Å². The Bertz CT molecular complexity index is 317. The van der Waals surface area contributed by atoms with E-state index in [1.165, 1.54) is 24.8 Å². The molecule has 3 rings (SSSR count). The van der Waals surface area contributed by atoms with Crippen LogP contribution >= 0.6 is 0 Å². The zero-order valence-corrected chi connectivity index (χ0v) is 8.39. The molecule has 1 aromatic rings. The van der Waals surface area contributed by atoms with Gasteiger partial charge in [0.05, 0.1) is 0 Å². The molecule has 2 aliphatic carbocycles. The van der Waals surface area contributed by atoms with Gasteiger partial charge in [-0.3, -0.25) is 0 Å². The van der Waals surface area contributed by atoms with E-state index in [1.807, 2.05) is 0 Å². The summed E-state index contributed by atoms with van der Waals surface area (Å²) in [5.74, 6) is 2.33. The third-order valence-electron chi connectivity index (χ3n) is 4.17. The molecule has 2 bridgehead atoms. The first-order valence-electron chi connectivity index (χ1n) is 5.67. The van der Waals surface area contributed by atoms with Crippen molar-refractivity contribution in [3.8, 4) is 0 Å². The Morgan fingerprint density at radius 2 is 1.71 bits per heavy atom. The van der Waals surface area contributed by atoms with E-state index in [0.29, 0.717) is 12.0 Å². The van der Waals surface area contributed by atoms with E-state index in [-0.39, 0.29) is 0 Å². The first-order chi connectivity index (χ1) is 6.86. The second-order valence-corrected chi connectivity index (χ2v) is 4.85. The lowest BCUT2D eigenvalue weighted by Gasteiger charge is -2.28. The van der Waals surface area contributed by atoms with Crippen molar-refractivity contribution in [1.82, 2.24) is 0 Å². The van der Waals surface area contributed by atoms with Crippen LogP contribution < -0.4 is 5.73 Å². The molecule has 0 saturated heterocycles. The maximum atomic E-state index is 6.30. The van der Waals surface area contributed by atoms with Crippen molar-refractivity contribution in [3.05, 3.63) is 35.9 Å². The summed E-state index contributed by atoms with van der Waals surface area (Å²) in [6.45, 7) is 0. The lowest BCUT2D eigenvalue weighted by atomic mass is 9.80. The van der Waals surface area contributed by atoms with Gasteiger partial charge in [0, 0.05) is 12.0 Å². The molecule has 1 nitrogen and oxygen atoms in total. The smallest absolute Gasteiger partial charge is 0.0139 e. The van der Waals surface area contributed by atoms with Gasteiger partial charge in [-0.05, 0) is 36.7 Å². The van der Waals surface area contributed by atoms with Crippen LogP contribution in [0, 0.1) is 11.8 Å². The molecule has 0 spiro atoms. The molecule has 0 aromatic heterocycles. The third-order valence-corrected chi connectivity index (χ3v) is 4.17. The van der Waals surface area contributed by atoms with Crippen LogP contribution in [0.2, 0.25) is 0 Å². The molecule has 0 heterocycles. The van der Waals surface area contributed by atoms with Gasteiger partial charge in [0.2, 0.25) is 0 Å². The molecule has 1 aromatic carbocycles. The molecule has 2 fully saturated rings. The van der Waals surface area contributed by atoms with E-state index in [2.05, 4.69) is 30.3 Å². The third kappa shape index (κ3) is 1.12. The molecule has 74 valence electrons. The normalized spacial score (nSPS) is 40.4. The average Bonchev–Trinajstić information content (AvgIpc) is 2.79. The van der Waals surface area contributed by atoms with E-state index in [4.69, 9.17) is 5.73 Å². The minimum absolute atomic E-state index is 0.427. The SMILES string of the molecule is N[C@H]1[C@@H]2CC[C@H](C2)[C@@H]1c1ccccc1. The Hall–Kier alpha value is -0.820. The van der Waals surface area contributed by atoms with Crippen LogP contribution in [0.25, 0.3) is 0 Å². The number of rotatable bonds is 1. The fourth-order valence-corrected chi connectivity index (χ4v) is 3.51. The van der Waals surface area contributed by atoms with E-state index < -0.39 is 0 Å². The number of benzene rings is 1. The second kappa shape index (κ2) is 3.09. The fourth-order valence-electron chi connectivity index (χ4n) is 3.51. The Morgan fingerprint density at radius 3 is 2.36 bits per heavy atom. The topological polar surface area (TPSA) is 26.0 Å². The largest absolute Gasteiger partial charge is 0.327 e. The molecule has 2 N–H and O–H groups in total. The van der Waals surface area contributed by atoms with Crippen molar-refractivity contribution in [3.63, 3.8) is 0 Å². The highest BCUT2D eigenvalue weighted by Gasteiger charge is 2.46. The molecular formula is C13H17N. The summed E-state index contributed by atoms with van der Waals surface area (Å²) in [5.41, 5.74) is 7.76. The summed E-state index contributed by atoms with van der Waals surface area (Å²) >= 11 is 0. The van der Waals surface area contributed by atoms with Gasteiger partial charge < -0.3 is 5.73 Å². The van der Waals surface area contributed by atoms with Crippen molar-refractivity contribution in [2.45, 2.75) is 31.2 Å². The minimum Gasteiger partial charge on any atom is -0.327 e. The molecular weight excluding hydrogens is 170 g/mol. The van der Waals surface area contributed by atoms with Gasteiger partial charge in [0.15, 0.2) is 0 Å². The highest BCUT2D eigenvalue weighted by atomic mass is 14.7. The zero-order chi connectivity index (χ0) is 9.54. The highest BCUT2D eigenvalue weighted by Crippen LogP contribution is 2.51. The van der Waals surface area contributed by atoms with Crippen molar-refractivity contribution >= 4 is 0 Å². The standard InChI is InChI=1S/C13H17N/c14-13-11-7-6-10(8-11)12(13)9-4-2-1-3-5-9/h1-5,10-13H,6-8,14H2/t10-,11-,12+,13+/m1/s1. The lowest BCUT2D eigenvalue weighted by Crippen LogP contribution is -2.33. The highest BCUT2D eigenvalue weighted by molar-refractivity contribution is 5.25. The molecule has 4 atom stereocenters. The molecule has 0 radical (unpaired) electrons. The predicted molar refractivity (Wildman–Crippen MR) is 58.0 cm³/mol. The van der Waals surface area contributed by atoms with Gasteiger partial charge >= 0.3 is 0 Å². The quantitative estimate of drug-likeness (QED) is 0.718. The summed E-state index contributed by atoms with van der Waals surface area (Å²) in [4.78, 5) is 0. The van der Waals surface area contributed by atoms with E-state index in [9.17, 15) is 0 Å². The molecule has 0 unspecified atom stereocenters. The Morgan fingerprint density at radius 1 is 1.00 bits per heavy atom.